The van der Waals surface area contributed by atoms with Crippen LogP contribution in [0.3, 0.4) is 0 Å². The highest BCUT2D eigenvalue weighted by molar-refractivity contribution is 7.93. The van der Waals surface area contributed by atoms with Gasteiger partial charge in [0.05, 0.1) is 10.3 Å². The second-order valence-corrected chi connectivity index (χ2v) is 9.66. The average molecular weight is 435 g/mol. The molecule has 9 heteroatoms. The molecular formula is C20H19ClN2O5S. The first kappa shape index (κ1) is 19.9. The fraction of sp³-hybridized carbons (Fsp3) is 0.300. The Labute approximate surface area is 173 Å². The van der Waals surface area contributed by atoms with E-state index in [-0.39, 0.29) is 4.90 Å². The number of benzene rings is 2. The van der Waals surface area contributed by atoms with Crippen LogP contribution in [0.2, 0.25) is 5.02 Å². The number of hydrogen-bond donors (Lipinski definition) is 2. The number of nitrogens with zero attached hydrogens (tertiary/aromatic N) is 1. The van der Waals surface area contributed by atoms with E-state index in [0.29, 0.717) is 42.2 Å². The lowest BCUT2D eigenvalue weighted by molar-refractivity contribution is -0.138. The van der Waals surface area contributed by atoms with Crippen molar-refractivity contribution in [3.63, 3.8) is 0 Å². The molecule has 1 saturated heterocycles. The maximum atomic E-state index is 13.6. The summed E-state index contributed by atoms with van der Waals surface area (Å²) in [7, 11) is -4.40. The van der Waals surface area contributed by atoms with Gasteiger partial charge in [-0.3, -0.25) is 9.69 Å². The molecule has 0 radical (unpaired) electrons. The number of piperidine rings is 1. The molecule has 2 N–H and O–H groups in total. The SMILES string of the molecule is O=C(O)C(N1C(=O)C2(CCNCC2)c2ccccc21)S(=O)(=O)c1ccc(Cl)cc1. The maximum absolute atomic E-state index is 13.6. The van der Waals surface area contributed by atoms with Gasteiger partial charge < -0.3 is 10.4 Å². The van der Waals surface area contributed by atoms with Crippen LogP contribution >= 0.6 is 11.6 Å². The minimum Gasteiger partial charge on any atom is -0.479 e. The van der Waals surface area contributed by atoms with Gasteiger partial charge in [0.25, 0.3) is 0 Å². The Hall–Kier alpha value is -2.42. The van der Waals surface area contributed by atoms with Gasteiger partial charge >= 0.3 is 5.97 Å². The van der Waals surface area contributed by atoms with E-state index in [1.54, 1.807) is 24.3 Å². The number of anilines is 1. The quantitative estimate of drug-likeness (QED) is 0.764. The van der Waals surface area contributed by atoms with Gasteiger partial charge in [0, 0.05) is 10.7 Å². The number of halogens is 1. The molecule has 7 nitrogen and oxygen atoms in total. The van der Waals surface area contributed by atoms with Crippen LogP contribution in [-0.4, -0.2) is 43.9 Å². The molecule has 1 unspecified atom stereocenters. The predicted octanol–water partition coefficient (Wildman–Crippen LogP) is 2.19. The van der Waals surface area contributed by atoms with Gasteiger partial charge in [-0.25, -0.2) is 13.2 Å². The van der Waals surface area contributed by atoms with E-state index in [9.17, 15) is 23.1 Å². The van der Waals surface area contributed by atoms with Crippen LogP contribution < -0.4 is 10.2 Å². The van der Waals surface area contributed by atoms with Gasteiger partial charge in [0.15, 0.2) is 0 Å². The van der Waals surface area contributed by atoms with Gasteiger partial charge in [-0.1, -0.05) is 29.8 Å². The van der Waals surface area contributed by atoms with Gasteiger partial charge in [-0.2, -0.15) is 0 Å². The smallest absolute Gasteiger partial charge is 0.343 e. The predicted molar refractivity (Wildman–Crippen MR) is 108 cm³/mol. The van der Waals surface area contributed by atoms with E-state index >= 15 is 0 Å². The number of sulfone groups is 1. The van der Waals surface area contributed by atoms with E-state index in [0.717, 1.165) is 4.90 Å². The molecule has 0 bridgehead atoms. The Bertz CT molecular complexity index is 1080. The van der Waals surface area contributed by atoms with Crippen LogP contribution in [0.25, 0.3) is 0 Å². The zero-order valence-electron chi connectivity index (χ0n) is 15.3. The second-order valence-electron chi connectivity index (χ2n) is 7.21. The summed E-state index contributed by atoms with van der Waals surface area (Å²) in [6.45, 7) is 1.19. The number of carboxylic acids is 1. The van der Waals surface area contributed by atoms with Crippen molar-refractivity contribution in [1.82, 2.24) is 5.32 Å². The first-order valence-electron chi connectivity index (χ1n) is 9.15. The Morgan fingerprint density at radius 2 is 1.72 bits per heavy atom. The number of carboxylic acid groups (broad SMARTS) is 1. The van der Waals surface area contributed by atoms with E-state index in [1.165, 1.54) is 24.3 Å². The molecule has 1 fully saturated rings. The first-order valence-corrected chi connectivity index (χ1v) is 11.1. The van der Waals surface area contributed by atoms with Crippen LogP contribution in [-0.2, 0) is 24.8 Å². The number of para-hydroxylation sites is 1. The largest absolute Gasteiger partial charge is 0.479 e. The standard InChI is InChI=1S/C20H19ClN2O5S/c21-13-5-7-14(8-6-13)29(27,28)17(18(24)25)23-16-4-2-1-3-15(16)20(19(23)26)9-11-22-12-10-20/h1-8,17,22H,9-12H2,(H,24,25). The average Bonchev–Trinajstić information content (AvgIpc) is 2.92. The lowest BCUT2D eigenvalue weighted by Gasteiger charge is -2.34. The van der Waals surface area contributed by atoms with E-state index < -0.39 is 32.5 Å². The molecule has 0 saturated carbocycles. The van der Waals surface area contributed by atoms with Gasteiger partial charge in [0.1, 0.15) is 0 Å². The third-order valence-corrected chi connectivity index (χ3v) is 7.83. The summed E-state index contributed by atoms with van der Waals surface area (Å²) in [5.41, 5.74) is 0.110. The van der Waals surface area contributed by atoms with Crippen molar-refractivity contribution in [2.24, 2.45) is 0 Å². The number of carbonyl (C=O) groups excluding carboxylic acids is 1. The topological polar surface area (TPSA) is 104 Å². The lowest BCUT2D eigenvalue weighted by atomic mass is 9.74. The van der Waals surface area contributed by atoms with Crippen LogP contribution in [0.15, 0.2) is 53.4 Å². The molecule has 2 aromatic rings. The van der Waals surface area contributed by atoms with Gasteiger partial charge in [-0.15, -0.1) is 0 Å². The van der Waals surface area contributed by atoms with Crippen LogP contribution in [0.1, 0.15) is 18.4 Å². The van der Waals surface area contributed by atoms with E-state index in [1.807, 2.05) is 0 Å². The normalized spacial score (nSPS) is 19.2. The monoisotopic (exact) mass is 434 g/mol. The summed E-state index contributed by atoms with van der Waals surface area (Å²) in [6.07, 6.45) is 0.958. The van der Waals surface area contributed by atoms with Crippen molar-refractivity contribution in [1.29, 1.82) is 0 Å². The molecule has 1 atom stereocenters. The summed E-state index contributed by atoms with van der Waals surface area (Å²) in [5.74, 6) is -2.08. The molecule has 2 heterocycles. The summed E-state index contributed by atoms with van der Waals surface area (Å²) < 4.78 is 26.5. The fourth-order valence-corrected chi connectivity index (χ4v) is 5.90. The molecule has 2 aromatic carbocycles. The zero-order valence-corrected chi connectivity index (χ0v) is 16.9. The fourth-order valence-electron chi connectivity index (χ4n) is 4.25. The van der Waals surface area contributed by atoms with Crippen molar-refractivity contribution in [2.45, 2.75) is 28.5 Å². The van der Waals surface area contributed by atoms with Crippen LogP contribution in [0.4, 0.5) is 5.69 Å². The van der Waals surface area contributed by atoms with Crippen molar-refractivity contribution in [3.8, 4) is 0 Å². The minimum absolute atomic E-state index is 0.203. The van der Waals surface area contributed by atoms with Gasteiger partial charge in [0.2, 0.25) is 21.1 Å². The third-order valence-electron chi connectivity index (χ3n) is 5.65. The van der Waals surface area contributed by atoms with E-state index in [4.69, 9.17) is 11.6 Å². The number of hydrogen-bond acceptors (Lipinski definition) is 5. The molecule has 2 aliphatic rings. The highest BCUT2D eigenvalue weighted by Gasteiger charge is 2.56. The Balaban J connectivity index is 1.88. The molecule has 0 aliphatic carbocycles. The van der Waals surface area contributed by atoms with E-state index in [2.05, 4.69) is 5.32 Å². The minimum atomic E-state index is -4.40. The highest BCUT2D eigenvalue weighted by Crippen LogP contribution is 2.48. The summed E-state index contributed by atoms with van der Waals surface area (Å²) in [4.78, 5) is 26.5. The van der Waals surface area contributed by atoms with Crippen LogP contribution in [0, 0.1) is 0 Å². The molecule has 1 amide bonds. The number of fused-ring (bicyclic) bond motifs is 2. The van der Waals surface area contributed by atoms with Gasteiger partial charge in [-0.05, 0) is 61.8 Å². The van der Waals surface area contributed by atoms with Crippen LogP contribution in [0.5, 0.6) is 0 Å². The molecule has 152 valence electrons. The third kappa shape index (κ3) is 3.02. The Kier molecular flexibility index (Phi) is 4.88. The van der Waals surface area contributed by atoms with Crippen molar-refractivity contribution in [3.05, 3.63) is 59.1 Å². The molecular weight excluding hydrogens is 416 g/mol. The molecule has 1 spiro atoms. The second kappa shape index (κ2) is 7.12. The Morgan fingerprint density at radius 1 is 1.10 bits per heavy atom. The number of aliphatic carboxylic acids is 1. The maximum Gasteiger partial charge on any atom is 0.343 e. The summed E-state index contributed by atoms with van der Waals surface area (Å²) in [5, 5.41) is 11.4. The molecule has 0 aromatic heterocycles. The number of rotatable bonds is 4. The first-order chi connectivity index (χ1) is 13.8. The summed E-state index contributed by atoms with van der Waals surface area (Å²) in [6, 6.07) is 12.1. The van der Waals surface area contributed by atoms with Crippen molar-refractivity contribution < 1.29 is 23.1 Å². The number of nitrogens with one attached hydrogen (secondary N) is 1. The van der Waals surface area contributed by atoms with Crippen molar-refractivity contribution in [2.75, 3.05) is 18.0 Å². The number of amides is 1. The Morgan fingerprint density at radius 3 is 2.34 bits per heavy atom. The zero-order chi connectivity index (χ0) is 20.8. The molecule has 29 heavy (non-hydrogen) atoms. The van der Waals surface area contributed by atoms with Crippen molar-refractivity contribution >= 4 is 39.0 Å². The molecule has 2 aliphatic heterocycles. The lowest BCUT2D eigenvalue weighted by Crippen LogP contribution is -2.54. The number of carbonyl (C=O) groups is 2. The molecule has 4 rings (SSSR count). The highest BCUT2D eigenvalue weighted by atomic mass is 35.5. The summed E-state index contributed by atoms with van der Waals surface area (Å²) >= 11 is 5.84.